The molecule has 1 N–H and O–H groups in total. The Bertz CT molecular complexity index is 728. The number of nitrogens with zero attached hydrogens (tertiary/aromatic N) is 4. The van der Waals surface area contributed by atoms with Crippen LogP contribution in [0.2, 0.25) is 0 Å². The molecule has 7 nitrogen and oxygen atoms in total. The van der Waals surface area contributed by atoms with Gasteiger partial charge in [-0.25, -0.2) is 0 Å². The molecule has 2 amide bonds. The first-order valence-electron chi connectivity index (χ1n) is 8.60. The molecule has 0 saturated carbocycles. The van der Waals surface area contributed by atoms with Crippen molar-refractivity contribution in [2.24, 2.45) is 0 Å². The van der Waals surface area contributed by atoms with Gasteiger partial charge in [-0.1, -0.05) is 30.3 Å². The predicted molar refractivity (Wildman–Crippen MR) is 92.6 cm³/mol. The van der Waals surface area contributed by atoms with Crippen molar-refractivity contribution in [3.05, 3.63) is 48.0 Å². The monoisotopic (exact) mass is 341 g/mol. The molecule has 3 rings (SSSR count). The maximum atomic E-state index is 12.6. The van der Waals surface area contributed by atoms with Crippen LogP contribution in [-0.2, 0) is 22.6 Å². The Morgan fingerprint density at radius 3 is 2.80 bits per heavy atom. The van der Waals surface area contributed by atoms with Crippen LogP contribution < -0.4 is 5.32 Å². The van der Waals surface area contributed by atoms with Crippen molar-refractivity contribution in [1.29, 1.82) is 0 Å². The zero-order valence-corrected chi connectivity index (χ0v) is 14.4. The Morgan fingerprint density at radius 1 is 1.28 bits per heavy atom. The highest BCUT2D eigenvalue weighted by Gasteiger charge is 2.33. The minimum atomic E-state index is -0.363. The molecule has 1 atom stereocenters. The van der Waals surface area contributed by atoms with Crippen molar-refractivity contribution in [2.75, 3.05) is 13.1 Å². The smallest absolute Gasteiger partial charge is 0.242 e. The summed E-state index contributed by atoms with van der Waals surface area (Å²) < 4.78 is 1.88. The van der Waals surface area contributed by atoms with Crippen molar-refractivity contribution in [1.82, 2.24) is 25.0 Å². The van der Waals surface area contributed by atoms with E-state index in [4.69, 9.17) is 0 Å². The summed E-state index contributed by atoms with van der Waals surface area (Å²) in [5, 5.41) is 10.7. The summed E-state index contributed by atoms with van der Waals surface area (Å²) in [5.41, 5.74) is 0.974. The van der Waals surface area contributed by atoms with Crippen molar-refractivity contribution in [2.45, 2.75) is 38.8 Å². The van der Waals surface area contributed by atoms with Crippen LogP contribution >= 0.6 is 0 Å². The van der Waals surface area contributed by atoms with Gasteiger partial charge >= 0.3 is 0 Å². The molecular weight excluding hydrogens is 318 g/mol. The summed E-state index contributed by atoms with van der Waals surface area (Å²) in [6.45, 7) is 3.63. The van der Waals surface area contributed by atoms with Gasteiger partial charge in [0.2, 0.25) is 11.8 Å². The SMILES string of the molecule is Cc1nncn1CCNC(=O)C1CCCN1C(=O)Cc1ccccc1. The summed E-state index contributed by atoms with van der Waals surface area (Å²) in [5.74, 6) is 0.748. The highest BCUT2D eigenvalue weighted by Crippen LogP contribution is 2.19. The fourth-order valence-electron chi connectivity index (χ4n) is 3.16. The van der Waals surface area contributed by atoms with Gasteiger partial charge in [0.1, 0.15) is 18.2 Å². The van der Waals surface area contributed by atoms with Gasteiger partial charge in [-0.2, -0.15) is 0 Å². The fraction of sp³-hybridized carbons (Fsp3) is 0.444. The Balaban J connectivity index is 1.52. The molecule has 2 heterocycles. The molecule has 1 aliphatic heterocycles. The van der Waals surface area contributed by atoms with Gasteiger partial charge < -0.3 is 14.8 Å². The number of rotatable bonds is 6. The lowest BCUT2D eigenvalue weighted by Gasteiger charge is -2.24. The van der Waals surface area contributed by atoms with Gasteiger partial charge in [-0.05, 0) is 25.3 Å². The van der Waals surface area contributed by atoms with E-state index < -0.39 is 0 Å². The fourth-order valence-corrected chi connectivity index (χ4v) is 3.16. The number of aromatic nitrogens is 3. The Labute approximate surface area is 147 Å². The number of benzene rings is 1. The summed E-state index contributed by atoms with van der Waals surface area (Å²) in [6, 6.07) is 9.28. The zero-order chi connectivity index (χ0) is 17.6. The maximum Gasteiger partial charge on any atom is 0.242 e. The quantitative estimate of drug-likeness (QED) is 0.848. The topological polar surface area (TPSA) is 80.1 Å². The first kappa shape index (κ1) is 17.1. The van der Waals surface area contributed by atoms with Crippen LogP contribution in [0.1, 0.15) is 24.2 Å². The minimum Gasteiger partial charge on any atom is -0.353 e. The lowest BCUT2D eigenvalue weighted by Crippen LogP contribution is -2.47. The molecule has 0 radical (unpaired) electrons. The van der Waals surface area contributed by atoms with Crippen LogP contribution in [0.25, 0.3) is 0 Å². The second-order valence-electron chi connectivity index (χ2n) is 6.27. The zero-order valence-electron chi connectivity index (χ0n) is 14.4. The molecule has 132 valence electrons. The molecule has 1 aliphatic rings. The molecular formula is C18H23N5O2. The highest BCUT2D eigenvalue weighted by molar-refractivity contribution is 5.89. The van der Waals surface area contributed by atoms with Crippen LogP contribution in [0.15, 0.2) is 36.7 Å². The highest BCUT2D eigenvalue weighted by atomic mass is 16.2. The van der Waals surface area contributed by atoms with Gasteiger partial charge in [0, 0.05) is 19.6 Å². The summed E-state index contributed by atoms with van der Waals surface area (Å²) >= 11 is 0. The Morgan fingerprint density at radius 2 is 2.08 bits per heavy atom. The molecule has 2 aromatic rings. The van der Waals surface area contributed by atoms with E-state index in [-0.39, 0.29) is 17.9 Å². The van der Waals surface area contributed by atoms with Crippen LogP contribution in [-0.4, -0.2) is 50.6 Å². The van der Waals surface area contributed by atoms with Crippen LogP contribution in [0.5, 0.6) is 0 Å². The first-order valence-corrected chi connectivity index (χ1v) is 8.60. The molecule has 1 fully saturated rings. The van der Waals surface area contributed by atoms with E-state index in [2.05, 4.69) is 15.5 Å². The second kappa shape index (κ2) is 7.92. The number of amides is 2. The van der Waals surface area contributed by atoms with Crippen molar-refractivity contribution in [3.8, 4) is 0 Å². The largest absolute Gasteiger partial charge is 0.353 e. The van der Waals surface area contributed by atoms with E-state index >= 15 is 0 Å². The number of likely N-dealkylation sites (tertiary alicyclic amines) is 1. The van der Waals surface area contributed by atoms with Crippen molar-refractivity contribution in [3.63, 3.8) is 0 Å². The van der Waals surface area contributed by atoms with E-state index in [1.54, 1.807) is 11.2 Å². The van der Waals surface area contributed by atoms with Gasteiger partial charge in [-0.15, -0.1) is 10.2 Å². The summed E-state index contributed by atoms with van der Waals surface area (Å²) in [4.78, 5) is 26.8. The molecule has 1 aromatic heterocycles. The number of aryl methyl sites for hydroxylation is 1. The molecule has 1 unspecified atom stereocenters. The second-order valence-corrected chi connectivity index (χ2v) is 6.27. The number of carbonyl (C=O) groups is 2. The number of hydrogen-bond acceptors (Lipinski definition) is 4. The Hall–Kier alpha value is -2.70. The van der Waals surface area contributed by atoms with E-state index in [9.17, 15) is 9.59 Å². The third-order valence-corrected chi connectivity index (χ3v) is 4.54. The third-order valence-electron chi connectivity index (χ3n) is 4.54. The standard InChI is InChI=1S/C18H23N5O2/c1-14-21-20-13-22(14)11-9-19-18(25)16-8-5-10-23(16)17(24)12-15-6-3-2-4-7-15/h2-4,6-7,13,16H,5,8-12H2,1H3,(H,19,25). The average Bonchev–Trinajstić information content (AvgIpc) is 3.25. The normalized spacial score (nSPS) is 16.8. The number of carbonyl (C=O) groups excluding carboxylic acids is 2. The number of nitrogens with one attached hydrogen (secondary N) is 1. The molecule has 25 heavy (non-hydrogen) atoms. The molecule has 0 spiro atoms. The van der Waals surface area contributed by atoms with E-state index in [1.165, 1.54) is 0 Å². The van der Waals surface area contributed by atoms with Crippen LogP contribution in [0.3, 0.4) is 0 Å². The maximum absolute atomic E-state index is 12.6. The molecule has 1 aromatic carbocycles. The number of hydrogen-bond donors (Lipinski definition) is 1. The predicted octanol–water partition coefficient (Wildman–Crippen LogP) is 0.936. The van der Waals surface area contributed by atoms with Crippen molar-refractivity contribution < 1.29 is 9.59 Å². The Kier molecular flexibility index (Phi) is 5.42. The van der Waals surface area contributed by atoms with Gasteiger partial charge in [0.15, 0.2) is 0 Å². The van der Waals surface area contributed by atoms with Crippen LogP contribution in [0.4, 0.5) is 0 Å². The average molecular weight is 341 g/mol. The first-order chi connectivity index (χ1) is 12.1. The van der Waals surface area contributed by atoms with Gasteiger partial charge in [0.25, 0.3) is 0 Å². The lowest BCUT2D eigenvalue weighted by molar-refractivity contribution is -0.137. The van der Waals surface area contributed by atoms with Crippen LogP contribution in [0, 0.1) is 6.92 Å². The molecule has 7 heteroatoms. The van der Waals surface area contributed by atoms with E-state index in [0.717, 1.165) is 24.2 Å². The third kappa shape index (κ3) is 4.23. The van der Waals surface area contributed by atoms with E-state index in [0.29, 0.717) is 26.1 Å². The summed E-state index contributed by atoms with van der Waals surface area (Å²) in [7, 11) is 0. The molecule has 0 aliphatic carbocycles. The minimum absolute atomic E-state index is 0.0125. The van der Waals surface area contributed by atoms with E-state index in [1.807, 2.05) is 41.8 Å². The molecule has 1 saturated heterocycles. The lowest BCUT2D eigenvalue weighted by atomic mass is 10.1. The molecule has 0 bridgehead atoms. The van der Waals surface area contributed by atoms with Crippen molar-refractivity contribution >= 4 is 11.8 Å². The van der Waals surface area contributed by atoms with Gasteiger partial charge in [-0.3, -0.25) is 9.59 Å². The summed E-state index contributed by atoms with van der Waals surface area (Å²) in [6.07, 6.45) is 3.57. The van der Waals surface area contributed by atoms with Gasteiger partial charge in [0.05, 0.1) is 6.42 Å².